The van der Waals surface area contributed by atoms with E-state index in [-0.39, 0.29) is 17.7 Å². The van der Waals surface area contributed by atoms with Crippen LogP contribution in [0.3, 0.4) is 0 Å². The Kier molecular flexibility index (Phi) is 5.52. The average Bonchev–Trinajstić information content (AvgIpc) is 2.73. The van der Waals surface area contributed by atoms with Crippen molar-refractivity contribution in [2.45, 2.75) is 46.5 Å². The van der Waals surface area contributed by atoms with E-state index >= 15 is 4.39 Å². The van der Waals surface area contributed by atoms with Crippen LogP contribution in [0.15, 0.2) is 48.7 Å². The number of halogens is 1. The minimum atomic E-state index is -0.295. The van der Waals surface area contributed by atoms with Gasteiger partial charge < -0.3 is 0 Å². The van der Waals surface area contributed by atoms with Crippen LogP contribution in [0.2, 0.25) is 0 Å². The van der Waals surface area contributed by atoms with Gasteiger partial charge in [-0.15, -0.1) is 0 Å². The minimum absolute atomic E-state index is 0.164. The number of nitrogens with zero attached hydrogens (tertiary/aromatic N) is 4. The summed E-state index contributed by atoms with van der Waals surface area (Å²) in [6.07, 6.45) is 1.90. The number of aromatic nitrogens is 4. The first-order valence-electron chi connectivity index (χ1n) is 10.7. The molecule has 0 amide bonds. The highest BCUT2D eigenvalue weighted by Crippen LogP contribution is 2.30. The molecule has 0 aliphatic heterocycles. The average molecular weight is 416 g/mol. The summed E-state index contributed by atoms with van der Waals surface area (Å²) in [5, 5.41) is 2.24. The third-order valence-corrected chi connectivity index (χ3v) is 5.50. The summed E-state index contributed by atoms with van der Waals surface area (Å²) in [6.45, 7) is 10.2. The van der Waals surface area contributed by atoms with Gasteiger partial charge in [0, 0.05) is 11.8 Å². The first-order valence-corrected chi connectivity index (χ1v) is 10.7. The summed E-state index contributed by atoms with van der Waals surface area (Å²) in [4.78, 5) is 13.8. The summed E-state index contributed by atoms with van der Waals surface area (Å²) < 4.78 is 17.3. The van der Waals surface area contributed by atoms with Gasteiger partial charge in [0.1, 0.15) is 18.7 Å². The molecule has 0 bridgehead atoms. The molecule has 5 heteroatoms. The van der Waals surface area contributed by atoms with Gasteiger partial charge >= 0.3 is 0 Å². The quantitative estimate of drug-likeness (QED) is 0.391. The Labute approximate surface area is 182 Å². The molecule has 0 atom stereocenters. The third kappa shape index (κ3) is 4.05. The maximum Gasteiger partial charge on any atom is 0.248 e. The van der Waals surface area contributed by atoms with Crippen LogP contribution in [-0.4, -0.2) is 15.0 Å². The van der Waals surface area contributed by atoms with Gasteiger partial charge in [0.2, 0.25) is 5.69 Å². The lowest BCUT2D eigenvalue weighted by molar-refractivity contribution is -0.661. The largest absolute Gasteiger partial charge is 0.248 e. The molecule has 0 saturated carbocycles. The predicted octanol–water partition coefficient (Wildman–Crippen LogP) is 5.88. The Bertz CT molecular complexity index is 1230. The molecule has 0 saturated heterocycles. The van der Waals surface area contributed by atoms with Gasteiger partial charge in [-0.2, -0.15) is 8.96 Å². The van der Waals surface area contributed by atoms with E-state index in [0.29, 0.717) is 17.1 Å². The molecule has 0 aliphatic carbocycles. The number of aryl methyl sites for hydroxylation is 2. The van der Waals surface area contributed by atoms with E-state index < -0.39 is 0 Å². The highest BCUT2D eigenvalue weighted by Gasteiger charge is 2.23. The number of hydrogen-bond donors (Lipinski definition) is 0. The van der Waals surface area contributed by atoms with Gasteiger partial charge in [0.25, 0.3) is 0 Å². The lowest BCUT2D eigenvalue weighted by atomic mass is 9.98. The summed E-state index contributed by atoms with van der Waals surface area (Å²) in [7, 11) is 1.87. The molecule has 0 N–H and O–H groups in total. The molecule has 0 unspecified atom stereocenters. The fourth-order valence-corrected chi connectivity index (χ4v) is 3.79. The van der Waals surface area contributed by atoms with Crippen LogP contribution in [0, 0.1) is 12.7 Å². The molecular formula is C26H28FN4+. The number of benzene rings is 2. The zero-order valence-electron chi connectivity index (χ0n) is 18.9. The van der Waals surface area contributed by atoms with Crippen molar-refractivity contribution in [3.05, 3.63) is 71.7 Å². The highest BCUT2D eigenvalue weighted by atomic mass is 19.1. The molecule has 0 aliphatic rings. The molecule has 31 heavy (non-hydrogen) atoms. The fourth-order valence-electron chi connectivity index (χ4n) is 3.79. The van der Waals surface area contributed by atoms with E-state index in [0.717, 1.165) is 33.5 Å². The van der Waals surface area contributed by atoms with Gasteiger partial charge in [-0.1, -0.05) is 58.0 Å². The molecule has 0 spiro atoms. The second-order valence-electron chi connectivity index (χ2n) is 8.74. The fraction of sp³-hybridized carbons (Fsp3) is 0.308. The first-order chi connectivity index (χ1) is 14.7. The van der Waals surface area contributed by atoms with Crippen molar-refractivity contribution in [3.63, 3.8) is 0 Å². The maximum atomic E-state index is 15.5. The molecule has 4 rings (SSSR count). The normalized spacial score (nSPS) is 11.6. The molecule has 158 valence electrons. The van der Waals surface area contributed by atoms with Crippen LogP contribution in [0.5, 0.6) is 0 Å². The standard InChI is InChI=1S/C26H28FN4/c1-15(2)24-28-25(16(3)4)30-26(29-24)20-13-22(27)23(31(6)14-20)21-12-19-10-8-7-9-18(19)11-17(21)5/h7-16H,1-6H3/q+1. The second kappa shape index (κ2) is 8.14. The Balaban J connectivity index is 1.87. The van der Waals surface area contributed by atoms with Gasteiger partial charge in [-0.25, -0.2) is 15.0 Å². The van der Waals surface area contributed by atoms with E-state index in [1.54, 1.807) is 0 Å². The number of rotatable bonds is 4. The lowest BCUT2D eigenvalue weighted by Gasteiger charge is -2.12. The van der Waals surface area contributed by atoms with Crippen LogP contribution in [0.25, 0.3) is 33.4 Å². The van der Waals surface area contributed by atoms with Crippen LogP contribution < -0.4 is 4.57 Å². The third-order valence-electron chi connectivity index (χ3n) is 5.50. The Hall–Kier alpha value is -3.21. The minimum Gasteiger partial charge on any atom is -0.217 e. The molecular weight excluding hydrogens is 387 g/mol. The highest BCUT2D eigenvalue weighted by molar-refractivity contribution is 5.88. The Morgan fingerprint density at radius 2 is 1.42 bits per heavy atom. The van der Waals surface area contributed by atoms with E-state index in [1.807, 2.05) is 36.9 Å². The zero-order chi connectivity index (χ0) is 22.3. The molecule has 0 radical (unpaired) electrons. The zero-order valence-corrected chi connectivity index (χ0v) is 18.9. The molecule has 4 nitrogen and oxygen atoms in total. The van der Waals surface area contributed by atoms with Crippen LogP contribution in [0.4, 0.5) is 4.39 Å². The van der Waals surface area contributed by atoms with Gasteiger partial charge in [-0.3, -0.25) is 0 Å². The number of pyridine rings is 1. The molecule has 4 aromatic rings. The Morgan fingerprint density at radius 3 is 1.97 bits per heavy atom. The van der Waals surface area contributed by atoms with Gasteiger partial charge in [-0.05, 0) is 35.4 Å². The van der Waals surface area contributed by atoms with Gasteiger partial charge in [0.05, 0.1) is 11.1 Å². The number of hydrogen-bond acceptors (Lipinski definition) is 3. The van der Waals surface area contributed by atoms with E-state index in [1.165, 1.54) is 6.07 Å². The van der Waals surface area contributed by atoms with Crippen LogP contribution in [0.1, 0.15) is 56.7 Å². The predicted molar refractivity (Wildman–Crippen MR) is 122 cm³/mol. The van der Waals surface area contributed by atoms with E-state index in [9.17, 15) is 0 Å². The molecule has 2 aromatic heterocycles. The summed E-state index contributed by atoms with van der Waals surface area (Å²) in [5.74, 6) is 2.00. The summed E-state index contributed by atoms with van der Waals surface area (Å²) >= 11 is 0. The van der Waals surface area contributed by atoms with Crippen molar-refractivity contribution >= 4 is 10.8 Å². The van der Waals surface area contributed by atoms with Crippen molar-refractivity contribution in [1.82, 2.24) is 15.0 Å². The van der Waals surface area contributed by atoms with Gasteiger partial charge in [0.15, 0.2) is 17.8 Å². The van der Waals surface area contributed by atoms with Crippen molar-refractivity contribution in [1.29, 1.82) is 0 Å². The van der Waals surface area contributed by atoms with Crippen molar-refractivity contribution < 1.29 is 8.96 Å². The SMILES string of the molecule is Cc1cc2ccccc2cc1-c1c(F)cc(-c2nc(C(C)C)nc(C(C)C)n2)c[n+]1C. The lowest BCUT2D eigenvalue weighted by Crippen LogP contribution is -2.32. The van der Waals surface area contributed by atoms with Crippen LogP contribution >= 0.6 is 0 Å². The molecule has 2 heterocycles. The number of fused-ring (bicyclic) bond motifs is 1. The second-order valence-corrected chi connectivity index (χ2v) is 8.74. The topological polar surface area (TPSA) is 42.6 Å². The first kappa shape index (κ1) is 21.0. The van der Waals surface area contributed by atoms with Crippen molar-refractivity contribution in [3.8, 4) is 22.6 Å². The Morgan fingerprint density at radius 1 is 0.839 bits per heavy atom. The maximum absolute atomic E-state index is 15.5. The van der Waals surface area contributed by atoms with E-state index in [4.69, 9.17) is 0 Å². The smallest absolute Gasteiger partial charge is 0.217 e. The summed E-state index contributed by atoms with van der Waals surface area (Å²) in [5.41, 5.74) is 3.11. The van der Waals surface area contributed by atoms with E-state index in [2.05, 4.69) is 66.9 Å². The van der Waals surface area contributed by atoms with Crippen LogP contribution in [-0.2, 0) is 7.05 Å². The van der Waals surface area contributed by atoms with Crippen molar-refractivity contribution in [2.75, 3.05) is 0 Å². The monoisotopic (exact) mass is 415 g/mol. The van der Waals surface area contributed by atoms with Crippen molar-refractivity contribution in [2.24, 2.45) is 7.05 Å². The summed E-state index contributed by atoms with van der Waals surface area (Å²) in [6, 6.07) is 13.8. The molecule has 0 fully saturated rings. The molecule has 2 aromatic carbocycles.